The lowest BCUT2D eigenvalue weighted by molar-refractivity contribution is -0.149. The van der Waals surface area contributed by atoms with Crippen LogP contribution in [-0.2, 0) is 9.53 Å². The highest BCUT2D eigenvalue weighted by Crippen LogP contribution is 2.24. The fourth-order valence-electron chi connectivity index (χ4n) is 2.13. The van der Waals surface area contributed by atoms with E-state index in [0.29, 0.717) is 13.0 Å². The van der Waals surface area contributed by atoms with E-state index in [-0.39, 0.29) is 12.1 Å². The van der Waals surface area contributed by atoms with Gasteiger partial charge in [0.25, 0.3) is 0 Å². The van der Waals surface area contributed by atoms with Gasteiger partial charge in [-0.25, -0.2) is 4.79 Å². The maximum absolute atomic E-state index is 10.8. The number of carbonyl (C=O) groups is 1. The molecule has 0 bridgehead atoms. The van der Waals surface area contributed by atoms with E-state index in [1.807, 2.05) is 0 Å². The molecule has 1 aliphatic rings. The maximum Gasteiger partial charge on any atom is 0.332 e. The molecule has 0 amide bonds. The predicted octanol–water partition coefficient (Wildman–Crippen LogP) is 2.34. The first-order valence-electron chi connectivity index (χ1n) is 6.24. The van der Waals surface area contributed by atoms with Gasteiger partial charge in [0.1, 0.15) is 0 Å². The molecular formula is C13H19NO3S. The van der Waals surface area contributed by atoms with Gasteiger partial charge in [0.15, 0.2) is 6.10 Å². The molecule has 4 nitrogen and oxygen atoms in total. The van der Waals surface area contributed by atoms with Gasteiger partial charge in [-0.1, -0.05) is 0 Å². The minimum Gasteiger partial charge on any atom is -0.479 e. The van der Waals surface area contributed by atoms with Crippen LogP contribution in [0.2, 0.25) is 0 Å². The van der Waals surface area contributed by atoms with Crippen LogP contribution in [0.25, 0.3) is 0 Å². The second kappa shape index (κ2) is 5.82. The quantitative estimate of drug-likeness (QED) is 0.861. The van der Waals surface area contributed by atoms with Gasteiger partial charge in [-0.15, -0.1) is 11.3 Å². The van der Waals surface area contributed by atoms with Crippen LogP contribution in [0, 0.1) is 6.92 Å². The number of hydrogen-bond donors (Lipinski definition) is 2. The largest absolute Gasteiger partial charge is 0.479 e. The third-order valence-electron chi connectivity index (χ3n) is 3.22. The molecule has 2 heterocycles. The zero-order chi connectivity index (χ0) is 13.1. The van der Waals surface area contributed by atoms with E-state index in [2.05, 4.69) is 31.3 Å². The number of aryl methyl sites for hydroxylation is 1. The van der Waals surface area contributed by atoms with Crippen LogP contribution in [0.15, 0.2) is 12.1 Å². The van der Waals surface area contributed by atoms with Crippen molar-refractivity contribution in [1.29, 1.82) is 0 Å². The van der Waals surface area contributed by atoms with Crippen molar-refractivity contribution in [3.63, 3.8) is 0 Å². The summed E-state index contributed by atoms with van der Waals surface area (Å²) in [5, 5.41) is 12.3. The summed E-state index contributed by atoms with van der Waals surface area (Å²) in [7, 11) is 0. The molecule has 3 unspecified atom stereocenters. The highest BCUT2D eigenvalue weighted by atomic mass is 32.1. The standard InChI is InChI=1S/C13H19NO3S/c1-8-3-6-12(18-8)9(2)14-7-10-4-5-11(17-10)13(15)16/h3,6,9-11,14H,4-5,7H2,1-2H3,(H,15,16). The summed E-state index contributed by atoms with van der Waals surface area (Å²) in [6.45, 7) is 4.93. The zero-order valence-electron chi connectivity index (χ0n) is 10.7. The van der Waals surface area contributed by atoms with Crippen LogP contribution in [0.1, 0.15) is 35.6 Å². The lowest BCUT2D eigenvalue weighted by Crippen LogP contribution is -2.30. The van der Waals surface area contributed by atoms with E-state index in [0.717, 1.165) is 6.42 Å². The van der Waals surface area contributed by atoms with E-state index in [1.54, 1.807) is 11.3 Å². The average Bonchev–Trinajstić information content (AvgIpc) is 2.94. The Kier molecular flexibility index (Phi) is 4.37. The molecule has 0 aromatic carbocycles. The SMILES string of the molecule is Cc1ccc(C(C)NCC2CCC(C(=O)O)O2)s1. The van der Waals surface area contributed by atoms with Gasteiger partial charge in [-0.3, -0.25) is 0 Å². The number of aliphatic carboxylic acids is 1. The number of carboxylic acid groups (broad SMARTS) is 1. The summed E-state index contributed by atoms with van der Waals surface area (Å²) >= 11 is 1.79. The van der Waals surface area contributed by atoms with Crippen LogP contribution in [0.4, 0.5) is 0 Å². The van der Waals surface area contributed by atoms with Crippen LogP contribution in [0.3, 0.4) is 0 Å². The second-order valence-electron chi connectivity index (χ2n) is 4.74. The van der Waals surface area contributed by atoms with Crippen molar-refractivity contribution in [1.82, 2.24) is 5.32 Å². The molecule has 2 N–H and O–H groups in total. The van der Waals surface area contributed by atoms with Gasteiger partial charge in [0.2, 0.25) is 0 Å². The van der Waals surface area contributed by atoms with E-state index < -0.39 is 12.1 Å². The van der Waals surface area contributed by atoms with Crippen molar-refractivity contribution in [2.75, 3.05) is 6.54 Å². The Hall–Kier alpha value is -0.910. The van der Waals surface area contributed by atoms with Crippen molar-refractivity contribution in [3.05, 3.63) is 21.9 Å². The van der Waals surface area contributed by atoms with Gasteiger partial charge in [0, 0.05) is 22.3 Å². The summed E-state index contributed by atoms with van der Waals surface area (Å²) in [6.07, 6.45) is 0.847. The summed E-state index contributed by atoms with van der Waals surface area (Å²) in [6, 6.07) is 4.54. The number of nitrogens with one attached hydrogen (secondary N) is 1. The summed E-state index contributed by atoms with van der Waals surface area (Å²) in [5.74, 6) is -0.848. The number of carboxylic acids is 1. The van der Waals surface area contributed by atoms with Crippen molar-refractivity contribution in [2.45, 2.75) is 44.9 Å². The third kappa shape index (κ3) is 3.31. The summed E-state index contributed by atoms with van der Waals surface area (Å²) < 4.78 is 5.46. The van der Waals surface area contributed by atoms with Gasteiger partial charge < -0.3 is 15.2 Å². The van der Waals surface area contributed by atoms with E-state index in [4.69, 9.17) is 9.84 Å². The van der Waals surface area contributed by atoms with Crippen LogP contribution >= 0.6 is 11.3 Å². The van der Waals surface area contributed by atoms with Gasteiger partial charge in [0.05, 0.1) is 6.10 Å². The maximum atomic E-state index is 10.8. The Morgan fingerprint density at radius 2 is 2.39 bits per heavy atom. The molecule has 2 rings (SSSR count). The minimum atomic E-state index is -0.848. The topological polar surface area (TPSA) is 58.6 Å². The lowest BCUT2D eigenvalue weighted by atomic mass is 10.2. The van der Waals surface area contributed by atoms with Gasteiger partial charge in [-0.05, 0) is 38.8 Å². The zero-order valence-corrected chi connectivity index (χ0v) is 11.5. The Morgan fingerprint density at radius 3 is 2.94 bits per heavy atom. The number of rotatable bonds is 5. The molecule has 1 fully saturated rings. The third-order valence-corrected chi connectivity index (χ3v) is 4.41. The number of hydrogen-bond acceptors (Lipinski definition) is 4. The number of ether oxygens (including phenoxy) is 1. The highest BCUT2D eigenvalue weighted by molar-refractivity contribution is 7.12. The molecule has 5 heteroatoms. The fraction of sp³-hybridized carbons (Fsp3) is 0.615. The molecule has 1 aromatic heterocycles. The molecule has 0 radical (unpaired) electrons. The molecular weight excluding hydrogens is 250 g/mol. The first-order valence-corrected chi connectivity index (χ1v) is 7.06. The van der Waals surface area contributed by atoms with Crippen molar-refractivity contribution in [2.24, 2.45) is 0 Å². The summed E-state index contributed by atoms with van der Waals surface area (Å²) in [4.78, 5) is 13.4. The minimum absolute atomic E-state index is 0.0228. The Labute approximate surface area is 111 Å². The number of thiophene rings is 1. The van der Waals surface area contributed by atoms with Crippen LogP contribution in [0.5, 0.6) is 0 Å². The molecule has 100 valence electrons. The van der Waals surface area contributed by atoms with Crippen molar-refractivity contribution < 1.29 is 14.6 Å². The van der Waals surface area contributed by atoms with E-state index >= 15 is 0 Å². The van der Waals surface area contributed by atoms with Crippen LogP contribution in [-0.4, -0.2) is 29.8 Å². The second-order valence-corrected chi connectivity index (χ2v) is 6.06. The predicted molar refractivity (Wildman–Crippen MR) is 71.0 cm³/mol. The first-order chi connectivity index (χ1) is 8.56. The Bertz CT molecular complexity index is 418. The molecule has 1 aliphatic heterocycles. The first kappa shape index (κ1) is 13.5. The molecule has 1 aromatic rings. The van der Waals surface area contributed by atoms with Crippen LogP contribution < -0.4 is 5.32 Å². The lowest BCUT2D eigenvalue weighted by Gasteiger charge is -2.16. The smallest absolute Gasteiger partial charge is 0.332 e. The van der Waals surface area contributed by atoms with Crippen molar-refractivity contribution in [3.8, 4) is 0 Å². The Morgan fingerprint density at radius 1 is 1.61 bits per heavy atom. The van der Waals surface area contributed by atoms with Crippen molar-refractivity contribution >= 4 is 17.3 Å². The average molecular weight is 269 g/mol. The van der Waals surface area contributed by atoms with E-state index in [1.165, 1.54) is 9.75 Å². The molecule has 0 saturated carbocycles. The molecule has 0 spiro atoms. The highest BCUT2D eigenvalue weighted by Gasteiger charge is 2.30. The monoisotopic (exact) mass is 269 g/mol. The molecule has 18 heavy (non-hydrogen) atoms. The fourth-order valence-corrected chi connectivity index (χ4v) is 3.04. The summed E-state index contributed by atoms with van der Waals surface area (Å²) in [5.41, 5.74) is 0. The van der Waals surface area contributed by atoms with Gasteiger partial charge >= 0.3 is 5.97 Å². The molecule has 0 aliphatic carbocycles. The Balaban J connectivity index is 1.77. The van der Waals surface area contributed by atoms with E-state index in [9.17, 15) is 4.79 Å². The molecule has 3 atom stereocenters. The van der Waals surface area contributed by atoms with Gasteiger partial charge in [-0.2, -0.15) is 0 Å². The molecule has 1 saturated heterocycles. The normalized spacial score (nSPS) is 25.2.